The second-order valence-electron chi connectivity index (χ2n) is 5.12. The predicted molar refractivity (Wildman–Crippen MR) is 83.3 cm³/mol. The topological polar surface area (TPSA) is 42.1 Å². The van der Waals surface area contributed by atoms with Crippen LogP contribution in [0.3, 0.4) is 0 Å². The van der Waals surface area contributed by atoms with Gasteiger partial charge in [0.05, 0.1) is 0 Å². The Morgan fingerprint density at radius 3 is 2.45 bits per heavy atom. The maximum atomic E-state index is 5.97. The average Bonchev–Trinajstić information content (AvgIpc) is 2.49. The summed E-state index contributed by atoms with van der Waals surface area (Å²) >= 11 is 0. The van der Waals surface area contributed by atoms with Crippen molar-refractivity contribution >= 4 is 0 Å². The van der Waals surface area contributed by atoms with E-state index in [2.05, 4.69) is 54.2 Å². The van der Waals surface area contributed by atoms with E-state index in [9.17, 15) is 0 Å². The molecule has 1 aromatic carbocycles. The number of aryl methyl sites for hydroxylation is 1. The highest BCUT2D eigenvalue weighted by Gasteiger charge is 2.15. The first kappa shape index (κ1) is 14.7. The van der Waals surface area contributed by atoms with Gasteiger partial charge in [0, 0.05) is 31.5 Å². The van der Waals surface area contributed by atoms with Gasteiger partial charge in [-0.2, -0.15) is 0 Å². The van der Waals surface area contributed by atoms with Crippen molar-refractivity contribution in [2.45, 2.75) is 25.9 Å². The Balaban J connectivity index is 2.10. The predicted octanol–water partition coefficient (Wildman–Crippen LogP) is 2.78. The standard InChI is InChI=1S/C17H23N3/c1-3-14-6-8-16(9-7-14)17(11-18)20(2)13-15-5-4-10-19-12-15/h4-10,12,17H,3,11,13,18H2,1-2H3. The Morgan fingerprint density at radius 1 is 1.15 bits per heavy atom. The molecule has 2 N–H and O–H groups in total. The van der Waals surface area contributed by atoms with Gasteiger partial charge in [-0.05, 0) is 36.2 Å². The van der Waals surface area contributed by atoms with Crippen LogP contribution in [0, 0.1) is 0 Å². The quantitative estimate of drug-likeness (QED) is 0.877. The third-order valence-electron chi connectivity index (χ3n) is 3.68. The summed E-state index contributed by atoms with van der Waals surface area (Å²) in [5, 5.41) is 0. The monoisotopic (exact) mass is 269 g/mol. The molecule has 1 aromatic heterocycles. The summed E-state index contributed by atoms with van der Waals surface area (Å²) in [5.74, 6) is 0. The molecule has 3 heteroatoms. The summed E-state index contributed by atoms with van der Waals surface area (Å²) in [6.45, 7) is 3.64. The highest BCUT2D eigenvalue weighted by molar-refractivity contribution is 5.25. The molecule has 0 radical (unpaired) electrons. The van der Waals surface area contributed by atoms with Crippen molar-refractivity contribution in [1.29, 1.82) is 0 Å². The number of likely N-dealkylation sites (N-methyl/N-ethyl adjacent to an activating group) is 1. The van der Waals surface area contributed by atoms with E-state index < -0.39 is 0 Å². The lowest BCUT2D eigenvalue weighted by atomic mass is 10.0. The highest BCUT2D eigenvalue weighted by Crippen LogP contribution is 2.20. The van der Waals surface area contributed by atoms with Crippen LogP contribution in [-0.2, 0) is 13.0 Å². The molecule has 1 heterocycles. The zero-order valence-corrected chi connectivity index (χ0v) is 12.3. The molecule has 2 rings (SSSR count). The third kappa shape index (κ3) is 3.65. The summed E-state index contributed by atoms with van der Waals surface area (Å²) in [5.41, 5.74) is 9.81. The molecule has 106 valence electrons. The normalized spacial score (nSPS) is 12.6. The van der Waals surface area contributed by atoms with Crippen molar-refractivity contribution in [1.82, 2.24) is 9.88 Å². The fraction of sp³-hybridized carbons (Fsp3) is 0.353. The van der Waals surface area contributed by atoms with E-state index in [1.54, 1.807) is 6.20 Å². The zero-order valence-electron chi connectivity index (χ0n) is 12.3. The number of rotatable bonds is 6. The Bertz CT molecular complexity index is 508. The van der Waals surface area contributed by atoms with Gasteiger partial charge >= 0.3 is 0 Å². The SMILES string of the molecule is CCc1ccc(C(CN)N(C)Cc2cccnc2)cc1. The van der Waals surface area contributed by atoms with Crippen LogP contribution >= 0.6 is 0 Å². The van der Waals surface area contributed by atoms with Crippen LogP contribution in [0.1, 0.15) is 29.7 Å². The van der Waals surface area contributed by atoms with Gasteiger partial charge in [-0.1, -0.05) is 37.3 Å². The van der Waals surface area contributed by atoms with E-state index in [4.69, 9.17) is 5.73 Å². The molecule has 0 saturated carbocycles. The molecule has 3 nitrogen and oxygen atoms in total. The van der Waals surface area contributed by atoms with Crippen LogP contribution in [0.15, 0.2) is 48.8 Å². The van der Waals surface area contributed by atoms with Gasteiger partial charge in [-0.3, -0.25) is 9.88 Å². The summed E-state index contributed by atoms with van der Waals surface area (Å²) in [7, 11) is 2.11. The maximum absolute atomic E-state index is 5.97. The minimum absolute atomic E-state index is 0.237. The Hall–Kier alpha value is -1.71. The zero-order chi connectivity index (χ0) is 14.4. The number of nitrogens with zero attached hydrogens (tertiary/aromatic N) is 2. The molecule has 0 aliphatic heterocycles. The van der Waals surface area contributed by atoms with Gasteiger partial charge in [-0.25, -0.2) is 0 Å². The van der Waals surface area contributed by atoms with E-state index in [0.29, 0.717) is 6.54 Å². The molecule has 0 fully saturated rings. The van der Waals surface area contributed by atoms with E-state index in [1.807, 2.05) is 12.3 Å². The largest absolute Gasteiger partial charge is 0.329 e. The first-order chi connectivity index (χ1) is 9.74. The van der Waals surface area contributed by atoms with Crippen LogP contribution in [-0.4, -0.2) is 23.5 Å². The molecule has 0 spiro atoms. The lowest BCUT2D eigenvalue weighted by Crippen LogP contribution is -2.30. The summed E-state index contributed by atoms with van der Waals surface area (Å²) in [4.78, 5) is 6.44. The molecule has 20 heavy (non-hydrogen) atoms. The number of nitrogens with two attached hydrogens (primary N) is 1. The van der Waals surface area contributed by atoms with Gasteiger partial charge in [0.2, 0.25) is 0 Å². The molecular weight excluding hydrogens is 246 g/mol. The minimum Gasteiger partial charge on any atom is -0.329 e. The van der Waals surface area contributed by atoms with Crippen molar-refractivity contribution in [3.63, 3.8) is 0 Å². The fourth-order valence-electron chi connectivity index (χ4n) is 2.44. The van der Waals surface area contributed by atoms with Crippen LogP contribution in [0.25, 0.3) is 0 Å². The fourth-order valence-corrected chi connectivity index (χ4v) is 2.44. The Morgan fingerprint density at radius 2 is 1.90 bits per heavy atom. The Kier molecular flexibility index (Phi) is 5.27. The highest BCUT2D eigenvalue weighted by atomic mass is 15.1. The summed E-state index contributed by atoms with van der Waals surface area (Å²) in [6, 6.07) is 13.1. The lowest BCUT2D eigenvalue weighted by molar-refractivity contribution is 0.241. The van der Waals surface area contributed by atoms with Gasteiger partial charge in [0.15, 0.2) is 0 Å². The molecule has 0 amide bonds. The third-order valence-corrected chi connectivity index (χ3v) is 3.68. The molecule has 2 aromatic rings. The summed E-state index contributed by atoms with van der Waals surface area (Å²) in [6.07, 6.45) is 4.77. The Labute approximate surface area is 121 Å². The van der Waals surface area contributed by atoms with Gasteiger partial charge in [0.25, 0.3) is 0 Å². The van der Waals surface area contributed by atoms with Gasteiger partial charge in [-0.15, -0.1) is 0 Å². The first-order valence-electron chi connectivity index (χ1n) is 7.12. The number of hydrogen-bond acceptors (Lipinski definition) is 3. The van der Waals surface area contributed by atoms with Crippen molar-refractivity contribution in [2.75, 3.05) is 13.6 Å². The second-order valence-corrected chi connectivity index (χ2v) is 5.12. The second kappa shape index (κ2) is 7.17. The van der Waals surface area contributed by atoms with Crippen LogP contribution in [0.4, 0.5) is 0 Å². The molecule has 0 aliphatic rings. The van der Waals surface area contributed by atoms with Crippen molar-refractivity contribution in [2.24, 2.45) is 5.73 Å². The van der Waals surface area contributed by atoms with E-state index >= 15 is 0 Å². The van der Waals surface area contributed by atoms with Crippen molar-refractivity contribution < 1.29 is 0 Å². The van der Waals surface area contributed by atoms with Crippen LogP contribution < -0.4 is 5.73 Å². The van der Waals surface area contributed by atoms with E-state index in [-0.39, 0.29) is 6.04 Å². The molecular formula is C17H23N3. The van der Waals surface area contributed by atoms with E-state index in [1.165, 1.54) is 16.7 Å². The van der Waals surface area contributed by atoms with Gasteiger partial charge < -0.3 is 5.73 Å². The van der Waals surface area contributed by atoms with E-state index in [0.717, 1.165) is 13.0 Å². The minimum atomic E-state index is 0.237. The molecule has 1 atom stereocenters. The van der Waals surface area contributed by atoms with Crippen molar-refractivity contribution in [3.8, 4) is 0 Å². The number of aromatic nitrogens is 1. The molecule has 1 unspecified atom stereocenters. The average molecular weight is 269 g/mol. The number of pyridine rings is 1. The van der Waals surface area contributed by atoms with Crippen LogP contribution in [0.2, 0.25) is 0 Å². The van der Waals surface area contributed by atoms with Crippen molar-refractivity contribution in [3.05, 3.63) is 65.5 Å². The molecule has 0 bridgehead atoms. The number of benzene rings is 1. The number of hydrogen-bond donors (Lipinski definition) is 1. The van der Waals surface area contributed by atoms with Crippen LogP contribution in [0.5, 0.6) is 0 Å². The summed E-state index contributed by atoms with van der Waals surface area (Å²) < 4.78 is 0. The van der Waals surface area contributed by atoms with Gasteiger partial charge in [0.1, 0.15) is 0 Å². The molecule has 0 aliphatic carbocycles. The lowest BCUT2D eigenvalue weighted by Gasteiger charge is -2.27. The smallest absolute Gasteiger partial charge is 0.0470 e. The first-order valence-corrected chi connectivity index (χ1v) is 7.12. The molecule has 0 saturated heterocycles. The maximum Gasteiger partial charge on any atom is 0.0470 e.